The minimum Gasteiger partial charge on any atom is -0.147 e. The van der Waals surface area contributed by atoms with Crippen molar-refractivity contribution in [2.45, 2.75) is 40.5 Å². The van der Waals surface area contributed by atoms with Crippen molar-refractivity contribution in [3.05, 3.63) is 62.1 Å². The van der Waals surface area contributed by atoms with E-state index in [0.29, 0.717) is 5.92 Å². The first-order chi connectivity index (χ1) is 10.0. The van der Waals surface area contributed by atoms with Crippen molar-refractivity contribution in [1.29, 1.82) is 0 Å². The van der Waals surface area contributed by atoms with Crippen LogP contribution in [0, 0.1) is 5.41 Å². The molecule has 0 fully saturated rings. The van der Waals surface area contributed by atoms with Gasteiger partial charge in [-0.25, -0.2) is 0 Å². The molecule has 0 nitrogen and oxygen atoms in total. The Kier molecular flexibility index (Phi) is 6.88. The molecule has 0 N–H and O–H groups in total. The third-order valence-corrected chi connectivity index (χ3v) is 7.81. The third-order valence-electron chi connectivity index (χ3n) is 5.51. The van der Waals surface area contributed by atoms with Crippen LogP contribution in [-0.2, 0) is 18.7 Å². The van der Waals surface area contributed by atoms with E-state index < -0.39 is 0 Å². The standard InChI is InChI=1S/C18H19.C2H4.2ClH.Ti/c1-12-11-18(4,14(3)13(12)2)17-10-9-15-7-5-6-8-16(15)17;1-2;;;/h5-10,17H,1-4H3;1H,2H3;2*1H;. The van der Waals surface area contributed by atoms with Crippen LogP contribution in [-0.4, -0.2) is 4.31 Å². The summed E-state index contributed by atoms with van der Waals surface area (Å²) in [6.45, 7) is 11.7. The average molecular weight is 384 g/mol. The molecule has 2 aliphatic carbocycles. The van der Waals surface area contributed by atoms with Gasteiger partial charge < -0.3 is 0 Å². The van der Waals surface area contributed by atoms with E-state index in [1.165, 1.54) is 16.7 Å². The molecular formula is C20H25Cl2Ti. The van der Waals surface area contributed by atoms with E-state index in [1.807, 2.05) is 0 Å². The topological polar surface area (TPSA) is 0 Å². The predicted octanol–water partition coefficient (Wildman–Crippen LogP) is 6.18. The Bertz CT molecular complexity index is 725. The molecule has 123 valence electrons. The van der Waals surface area contributed by atoms with Crippen LogP contribution in [0.1, 0.15) is 51.7 Å². The zero-order valence-corrected chi connectivity index (χ0v) is 17.6. The molecule has 0 heterocycles. The fourth-order valence-corrected chi connectivity index (χ4v) is 6.06. The summed E-state index contributed by atoms with van der Waals surface area (Å²) in [6.07, 6.45) is 4.75. The summed E-state index contributed by atoms with van der Waals surface area (Å²) >= 11 is -0.136. The Morgan fingerprint density at radius 3 is 2.35 bits per heavy atom. The Labute approximate surface area is 161 Å². The smallest absolute Gasteiger partial charge is 0.147 e. The zero-order chi connectivity index (χ0) is 15.2. The molecule has 3 rings (SSSR count). The minimum absolute atomic E-state index is 0. The van der Waals surface area contributed by atoms with Crippen LogP contribution in [0.15, 0.2) is 50.9 Å². The Morgan fingerprint density at radius 1 is 1.04 bits per heavy atom. The van der Waals surface area contributed by atoms with Crippen LogP contribution in [0.2, 0.25) is 0 Å². The monoisotopic (exact) mass is 383 g/mol. The van der Waals surface area contributed by atoms with Crippen LogP contribution in [0.4, 0.5) is 0 Å². The second-order valence-electron chi connectivity index (χ2n) is 6.35. The normalized spacial score (nSPS) is 25.3. The molecule has 2 unspecified atom stereocenters. The number of hydrogen-bond acceptors (Lipinski definition) is 0. The second-order valence-corrected chi connectivity index (χ2v) is 8.48. The fourth-order valence-electron chi connectivity index (χ4n) is 3.98. The molecule has 2 atom stereocenters. The first kappa shape index (κ1) is 20.6. The first-order valence-corrected chi connectivity index (χ1v) is 9.41. The molecule has 0 saturated heterocycles. The van der Waals surface area contributed by atoms with Gasteiger partial charge in [-0.3, -0.25) is 0 Å². The maximum atomic E-state index is 2.47. The molecule has 1 aromatic carbocycles. The van der Waals surface area contributed by atoms with Gasteiger partial charge in [-0.15, -0.1) is 24.8 Å². The summed E-state index contributed by atoms with van der Waals surface area (Å²) in [6, 6.07) is 8.89. The predicted molar refractivity (Wildman–Crippen MR) is 104 cm³/mol. The molecule has 1 aromatic rings. The molecule has 0 bridgehead atoms. The summed E-state index contributed by atoms with van der Waals surface area (Å²) in [7, 11) is 0. The largest absolute Gasteiger partial charge is 0.147 e. The number of hydrogen-bond donors (Lipinski definition) is 0. The SMILES string of the molecule is C/[CH]=[Ti]/[C]1=C(C)C(C)=C(C)C1(C)C1C=Cc2ccccc21.Cl.Cl. The molecule has 0 spiro atoms. The van der Waals surface area contributed by atoms with Gasteiger partial charge in [-0.1, -0.05) is 0 Å². The van der Waals surface area contributed by atoms with Crippen molar-refractivity contribution in [3.8, 4) is 0 Å². The van der Waals surface area contributed by atoms with E-state index in [9.17, 15) is 0 Å². The maximum absolute atomic E-state index is 2.47. The van der Waals surface area contributed by atoms with Gasteiger partial charge in [0.2, 0.25) is 0 Å². The summed E-state index contributed by atoms with van der Waals surface area (Å²) in [5.74, 6) is 0.500. The van der Waals surface area contributed by atoms with E-state index in [2.05, 4.69) is 75.4 Å². The van der Waals surface area contributed by atoms with Crippen LogP contribution in [0.3, 0.4) is 0 Å². The number of fused-ring (bicyclic) bond motifs is 1. The van der Waals surface area contributed by atoms with Gasteiger partial charge in [-0.2, -0.15) is 0 Å². The van der Waals surface area contributed by atoms with Crippen molar-refractivity contribution in [2.75, 3.05) is 0 Å². The van der Waals surface area contributed by atoms with E-state index in [4.69, 9.17) is 0 Å². The Morgan fingerprint density at radius 2 is 1.70 bits per heavy atom. The van der Waals surface area contributed by atoms with Gasteiger partial charge in [0.25, 0.3) is 0 Å². The molecule has 0 amide bonds. The molecule has 0 radical (unpaired) electrons. The average Bonchev–Trinajstić information content (AvgIpc) is 2.99. The van der Waals surface area contributed by atoms with Gasteiger partial charge in [0, 0.05) is 0 Å². The summed E-state index contributed by atoms with van der Waals surface area (Å²) < 4.78 is 4.15. The number of halogens is 2. The molecule has 23 heavy (non-hydrogen) atoms. The Hall–Kier alpha value is -0.396. The molecule has 2 aliphatic rings. The quantitative estimate of drug-likeness (QED) is 0.535. The maximum Gasteiger partial charge on any atom is -0.147 e. The van der Waals surface area contributed by atoms with Crippen LogP contribution in [0.25, 0.3) is 6.08 Å². The first-order valence-electron chi connectivity index (χ1n) is 7.73. The zero-order valence-electron chi connectivity index (χ0n) is 14.4. The molecule has 0 aromatic heterocycles. The van der Waals surface area contributed by atoms with Gasteiger partial charge in [0.05, 0.1) is 0 Å². The molecule has 3 heteroatoms. The van der Waals surface area contributed by atoms with E-state index in [1.54, 1.807) is 15.0 Å². The van der Waals surface area contributed by atoms with Crippen molar-refractivity contribution in [1.82, 2.24) is 0 Å². The van der Waals surface area contributed by atoms with Gasteiger partial charge in [0.15, 0.2) is 0 Å². The van der Waals surface area contributed by atoms with Gasteiger partial charge >= 0.3 is 137 Å². The second kappa shape index (κ2) is 7.66. The summed E-state index contributed by atoms with van der Waals surface area (Å²) in [5.41, 5.74) is 7.75. The fraction of sp³-hybridized carbons (Fsp3) is 0.350. The van der Waals surface area contributed by atoms with Crippen molar-refractivity contribution >= 4 is 35.2 Å². The third kappa shape index (κ3) is 3.00. The van der Waals surface area contributed by atoms with Gasteiger partial charge in [0.1, 0.15) is 0 Å². The molecular weight excluding hydrogens is 359 g/mol. The van der Waals surface area contributed by atoms with Crippen molar-refractivity contribution in [3.63, 3.8) is 0 Å². The van der Waals surface area contributed by atoms with E-state index in [-0.39, 0.29) is 48.9 Å². The minimum atomic E-state index is -0.136. The summed E-state index contributed by atoms with van der Waals surface area (Å²) in [4.78, 5) is 0. The number of rotatable bonds is 2. The van der Waals surface area contributed by atoms with Crippen LogP contribution < -0.4 is 0 Å². The van der Waals surface area contributed by atoms with Crippen molar-refractivity contribution in [2.24, 2.45) is 5.41 Å². The molecule has 0 saturated carbocycles. The van der Waals surface area contributed by atoms with E-state index in [0.717, 1.165) is 0 Å². The van der Waals surface area contributed by atoms with Crippen LogP contribution in [0.5, 0.6) is 0 Å². The molecule has 0 aliphatic heterocycles. The van der Waals surface area contributed by atoms with E-state index >= 15 is 0 Å². The van der Waals surface area contributed by atoms with Crippen molar-refractivity contribution < 1.29 is 18.7 Å². The number of allylic oxidation sites excluding steroid dienone is 5. The van der Waals surface area contributed by atoms with Gasteiger partial charge in [-0.05, 0) is 0 Å². The van der Waals surface area contributed by atoms with Crippen LogP contribution >= 0.6 is 24.8 Å². The number of benzene rings is 1. The Balaban J connectivity index is 0.00000132. The summed E-state index contributed by atoms with van der Waals surface area (Å²) in [5, 5.41) is 0.